The van der Waals surface area contributed by atoms with Gasteiger partial charge in [-0.25, -0.2) is 74.8 Å². The Morgan fingerprint density at radius 1 is 0.367 bits per heavy atom. The maximum Gasteiger partial charge on any atom is 0.569 e. The van der Waals surface area contributed by atoms with E-state index in [2.05, 4.69) is 319 Å². The molecule has 150 heavy (non-hydrogen) atoms. The highest BCUT2D eigenvalue weighted by Crippen LogP contribution is 2.49. The summed E-state index contributed by atoms with van der Waals surface area (Å²) in [5.41, 5.74) is 59.7. The molecule has 0 fully saturated rings. The molecule has 12 aromatic rings. The number of fused-ring (bicyclic) bond motifs is 7. The monoisotopic (exact) mass is 2290 g/mol. The van der Waals surface area contributed by atoms with Crippen LogP contribution in [0.5, 0.6) is 5.75 Å². The topological polar surface area (TPSA) is 499 Å². The van der Waals surface area contributed by atoms with E-state index >= 15 is 0 Å². The van der Waals surface area contributed by atoms with Gasteiger partial charge >= 0.3 is 7.69 Å². The molecule has 7 aliphatic carbocycles. The lowest BCUT2D eigenvalue weighted by Gasteiger charge is -2.37. The minimum absolute atomic E-state index is 0.101. The standard InChI is InChI=1S/4C17H18N4O.C14H18BrNOSi.C13H15BrN2O.C12H16BrNO.C4H4BN2O2.CBrN/c4*1-11-17(22-16(18)21-11)6-5-15-12(7-17)3-2-4-14(15)13-8-19-10-20-9-13;1-18(2,3)17-14(10-16)8-7-12-11(9-14)5-4-6-13(12)15;1-8-13(17-12(15)16-8)6-5-10-9(7-13)3-2-4-11(10)14;1-8(14)12(15)6-5-10-9(7-12)3-2-4-11(10)13;8-5-9-4-1-6-3-7-2-4;2-1-3/h4*2-4,8-11H,5-7H2,1H3,(H2,18,21);4-6H,7-9H2,1-3H3;2-4,8H,5-7H2,1H3,(H2,15,16);2-4,8,15H,5-7,14H2,1H3;1-3,8H;/t2*11-,17+;2*11-,17-;;;;;/m1010...../s1. The number of aliphatic hydroxyl groups is 1. The van der Waals surface area contributed by atoms with Gasteiger partial charge in [0.2, 0.25) is 0 Å². The number of amidine groups is 5. The van der Waals surface area contributed by atoms with Crippen molar-refractivity contribution in [2.75, 3.05) is 0 Å². The number of ether oxygens (including phenoxy) is 5. The molecule has 38 heteroatoms. The van der Waals surface area contributed by atoms with Crippen molar-refractivity contribution in [1.82, 2.24) is 49.8 Å². The van der Waals surface area contributed by atoms with Gasteiger partial charge in [-0.1, -0.05) is 157 Å². The fraction of sp³-hybridized carbons (Fsp3) is 0.384. The molecule has 5 aromatic heterocycles. The first-order chi connectivity index (χ1) is 72.0. The molecule has 5 spiro atoms. The molecule has 1 radical (unpaired) electrons. The average molecular weight is 2300 g/mol. The van der Waals surface area contributed by atoms with E-state index in [1.807, 2.05) is 68.6 Å². The normalized spacial score (nSPS) is 25.1. The first-order valence-corrected chi connectivity index (χ1v) is 56.9. The van der Waals surface area contributed by atoms with Crippen LogP contribution in [-0.4, -0.2) is 182 Å². The third kappa shape index (κ3) is 25.1. The minimum atomic E-state index is -1.71. The van der Waals surface area contributed by atoms with Gasteiger partial charge in [0.05, 0.1) is 54.3 Å². The highest BCUT2D eigenvalue weighted by molar-refractivity contribution is 9.12. The SMILES string of the molecule is CC(N)C1(O)CCc2c(Br)cccc2C1.CC1N=C(N)OC12CCc1c(Br)cccc1C2.C[C@@H]1N=C(N)O[C@@]12CCc1c(cccc1-c1cncnc1)C2.C[C@@H]1N=C(N)O[C@]12CCc1c(cccc1-c1cncnc1)C2.C[C@H]1N=C(N)O[C@@]12CCc1c(cccc1-c1cncnc1)C2.C[C@H]1N=C(N)O[C@]12CCc1c(cccc1-c1cncnc1)C2.C[Si](C)(C)OC1(C#N)CCc2c(Br)cccc2C1.N#CBr.O[B]Oc1cncnc1. The molecule has 5 unspecified atom stereocenters. The molecule has 12 aliphatic rings. The predicted octanol–water partition coefficient (Wildman–Crippen LogP) is 17.1. The van der Waals surface area contributed by atoms with Crippen LogP contribution in [0.15, 0.2) is 259 Å². The molecule has 0 bridgehead atoms. The van der Waals surface area contributed by atoms with Crippen LogP contribution in [0.1, 0.15) is 164 Å². The Labute approximate surface area is 910 Å². The van der Waals surface area contributed by atoms with Crippen molar-refractivity contribution in [3.05, 3.63) is 312 Å². The van der Waals surface area contributed by atoms with Crippen molar-refractivity contribution in [3.8, 4) is 61.3 Å². The van der Waals surface area contributed by atoms with Gasteiger partial charge in [-0.3, -0.25) is 0 Å². The van der Waals surface area contributed by atoms with Gasteiger partial charge < -0.3 is 77.3 Å². The van der Waals surface area contributed by atoms with Crippen molar-refractivity contribution in [1.29, 1.82) is 10.5 Å². The lowest BCUT2D eigenvalue weighted by atomic mass is 9.75. The van der Waals surface area contributed by atoms with E-state index in [0.717, 1.165) is 153 Å². The quantitative estimate of drug-likeness (QED) is 0.0622. The third-order valence-corrected chi connectivity index (χ3v) is 33.7. The van der Waals surface area contributed by atoms with Gasteiger partial charge in [0.25, 0.3) is 30.1 Å². The summed E-state index contributed by atoms with van der Waals surface area (Å²) in [6.45, 7) is 18.7. The number of halogens is 4. The number of hydrogen-bond donors (Lipinski definition) is 8. The van der Waals surface area contributed by atoms with Crippen molar-refractivity contribution in [2.24, 2.45) is 59.4 Å². The predicted molar refractivity (Wildman–Crippen MR) is 598 cm³/mol. The molecule has 14 N–H and O–H groups in total. The van der Waals surface area contributed by atoms with Crippen LogP contribution in [0.2, 0.25) is 19.6 Å². The first kappa shape index (κ1) is 110. The number of aliphatic imine (C=N–C) groups is 5. The highest BCUT2D eigenvalue weighted by atomic mass is 79.9. The van der Waals surface area contributed by atoms with Gasteiger partial charge in [0.1, 0.15) is 76.0 Å². The minimum Gasteiger partial charge on any atom is -0.535 e. The van der Waals surface area contributed by atoms with Crippen LogP contribution >= 0.6 is 63.7 Å². The molecular formula is C112H125BBr4N23O9Si. The zero-order chi connectivity index (χ0) is 106. The van der Waals surface area contributed by atoms with Crippen molar-refractivity contribution in [3.63, 3.8) is 0 Å². The van der Waals surface area contributed by atoms with Crippen LogP contribution in [0.25, 0.3) is 44.5 Å². The largest absolute Gasteiger partial charge is 0.569 e. The Morgan fingerprint density at radius 2 is 0.600 bits per heavy atom. The highest BCUT2D eigenvalue weighted by Gasteiger charge is 2.52. The molecule has 24 rings (SSSR count). The summed E-state index contributed by atoms with van der Waals surface area (Å²) in [6.07, 6.45) is 43.9. The summed E-state index contributed by atoms with van der Waals surface area (Å²) in [5, 5.41) is 35.2. The summed E-state index contributed by atoms with van der Waals surface area (Å²) < 4.78 is 43.6. The van der Waals surface area contributed by atoms with Crippen LogP contribution < -0.4 is 39.1 Å². The Morgan fingerprint density at radius 3 is 0.847 bits per heavy atom. The summed E-state index contributed by atoms with van der Waals surface area (Å²) >= 11 is 13.2. The van der Waals surface area contributed by atoms with E-state index in [4.69, 9.17) is 72.8 Å². The molecule has 0 saturated heterocycles. The van der Waals surface area contributed by atoms with Gasteiger partial charge in [-0.2, -0.15) is 10.5 Å². The Balaban J connectivity index is 0.000000123. The summed E-state index contributed by atoms with van der Waals surface area (Å²) in [5.74, 6) is 0.417. The fourth-order valence-corrected chi connectivity index (χ4v) is 25.7. The zero-order valence-electron chi connectivity index (χ0n) is 85.5. The maximum absolute atomic E-state index is 10.3. The van der Waals surface area contributed by atoms with Crippen molar-refractivity contribution < 1.29 is 42.9 Å². The summed E-state index contributed by atoms with van der Waals surface area (Å²) in [4.78, 5) is 63.7. The number of aromatic nitrogens is 10. The average Bonchev–Trinajstić information content (AvgIpc) is 1.12. The number of rotatable bonds is 9. The summed E-state index contributed by atoms with van der Waals surface area (Å²) in [7, 11) is -1.12. The van der Waals surface area contributed by atoms with Crippen LogP contribution in [0.3, 0.4) is 0 Å². The number of nitriles is 2. The molecule has 5 aliphatic heterocycles. The third-order valence-electron chi connectivity index (χ3n) is 30.5. The molecule has 777 valence electrons. The Kier molecular flexibility index (Phi) is 34.9. The van der Waals surface area contributed by atoms with Crippen LogP contribution in [0, 0.1) is 21.6 Å². The smallest absolute Gasteiger partial charge is 0.535 e. The van der Waals surface area contributed by atoms with Gasteiger partial charge in [0, 0.05) is 152 Å². The molecule has 0 amide bonds. The molecule has 13 atom stereocenters. The van der Waals surface area contributed by atoms with Gasteiger partial charge in [0.15, 0.2) is 8.32 Å². The zero-order valence-corrected chi connectivity index (χ0v) is 92.9. The molecule has 0 saturated carbocycles. The van der Waals surface area contributed by atoms with Crippen molar-refractivity contribution in [2.45, 2.75) is 271 Å². The molecule has 7 aromatic carbocycles. The van der Waals surface area contributed by atoms with Crippen LogP contribution in [-0.2, 0) is 118 Å². The number of benzene rings is 7. The van der Waals surface area contributed by atoms with Crippen LogP contribution in [0.4, 0.5) is 0 Å². The first-order valence-electron chi connectivity index (χ1n) is 50.4. The molecule has 10 heterocycles. The van der Waals surface area contributed by atoms with E-state index in [0.29, 0.717) is 56.4 Å². The van der Waals surface area contributed by atoms with Crippen molar-refractivity contribution >= 4 is 110 Å². The second kappa shape index (κ2) is 47.8. The number of hydrogen-bond acceptors (Lipinski definition) is 32. The number of nitrogens with two attached hydrogens (primary N) is 6. The molecular weight excluding hydrogens is 2170 g/mol. The van der Waals surface area contributed by atoms with E-state index in [9.17, 15) is 10.4 Å². The van der Waals surface area contributed by atoms with E-state index in [1.54, 1.807) is 30.3 Å². The Hall–Kier alpha value is -12.9. The lowest BCUT2D eigenvalue weighted by Crippen LogP contribution is -2.50. The lowest BCUT2D eigenvalue weighted by molar-refractivity contribution is 0.00631. The fourth-order valence-electron chi connectivity index (χ4n) is 22.5. The van der Waals surface area contributed by atoms with Gasteiger partial charge in [-0.05, 0) is 269 Å². The molecule has 32 nitrogen and oxygen atoms in total. The maximum atomic E-state index is 10.3. The van der Waals surface area contributed by atoms with E-state index in [1.165, 1.54) is 123 Å². The van der Waals surface area contributed by atoms with E-state index < -0.39 is 19.5 Å². The Bertz CT molecular complexity index is 6530. The van der Waals surface area contributed by atoms with E-state index in [-0.39, 0.29) is 64.3 Å². The second-order valence-corrected chi connectivity index (χ2v) is 48.1. The van der Waals surface area contributed by atoms with Gasteiger partial charge in [-0.15, -0.1) is 0 Å². The summed E-state index contributed by atoms with van der Waals surface area (Å²) in [6, 6.07) is 48.7. The second-order valence-electron chi connectivity index (χ2n) is 40.8. The number of nitrogens with zero attached hydrogens (tertiary/aromatic N) is 17.